The maximum absolute atomic E-state index is 6.11. The van der Waals surface area contributed by atoms with Gasteiger partial charge in [-0.1, -0.05) is 30.7 Å². The SMILES string of the molecule is NC1C=C(c2cccc3ncccc23)CCCC1. The number of hydrogen-bond donors (Lipinski definition) is 1. The molecule has 2 heteroatoms. The van der Waals surface area contributed by atoms with Crippen LogP contribution in [0.4, 0.5) is 0 Å². The van der Waals surface area contributed by atoms with Gasteiger partial charge in [0.25, 0.3) is 0 Å². The third kappa shape index (κ3) is 2.16. The summed E-state index contributed by atoms with van der Waals surface area (Å²) in [6.07, 6.45) is 8.78. The third-order valence-corrected chi connectivity index (χ3v) is 3.64. The number of rotatable bonds is 1. The second-order valence-corrected chi connectivity index (χ2v) is 4.98. The van der Waals surface area contributed by atoms with Crippen LogP contribution in [0.15, 0.2) is 42.6 Å². The highest BCUT2D eigenvalue weighted by atomic mass is 14.6. The molecule has 0 fully saturated rings. The first-order valence-electron chi connectivity index (χ1n) is 6.65. The number of pyridine rings is 1. The topological polar surface area (TPSA) is 38.9 Å². The number of aromatic nitrogens is 1. The van der Waals surface area contributed by atoms with Crippen LogP contribution in [0, 0.1) is 0 Å². The van der Waals surface area contributed by atoms with Gasteiger partial charge in [-0.15, -0.1) is 0 Å². The molecule has 0 spiro atoms. The molecule has 92 valence electrons. The molecular weight excluding hydrogens is 220 g/mol. The zero-order valence-corrected chi connectivity index (χ0v) is 10.5. The van der Waals surface area contributed by atoms with E-state index in [1.165, 1.54) is 29.4 Å². The molecule has 0 amide bonds. The fraction of sp³-hybridized carbons (Fsp3) is 0.312. The van der Waals surface area contributed by atoms with Crippen molar-refractivity contribution in [1.29, 1.82) is 0 Å². The molecule has 1 unspecified atom stereocenters. The first-order valence-corrected chi connectivity index (χ1v) is 6.65. The molecule has 1 aliphatic rings. The standard InChI is InChI=1S/C16H18N2/c17-13-6-2-1-5-12(11-13)14-7-3-9-16-15(14)8-4-10-18-16/h3-4,7-11,13H,1-2,5-6,17H2. The number of allylic oxidation sites excluding steroid dienone is 1. The van der Waals surface area contributed by atoms with Crippen molar-refractivity contribution >= 4 is 16.5 Å². The highest BCUT2D eigenvalue weighted by Crippen LogP contribution is 2.30. The summed E-state index contributed by atoms with van der Waals surface area (Å²) in [5.41, 5.74) is 9.87. The molecule has 1 atom stereocenters. The number of nitrogens with two attached hydrogens (primary N) is 1. The van der Waals surface area contributed by atoms with E-state index in [0.29, 0.717) is 0 Å². The van der Waals surface area contributed by atoms with Gasteiger partial charge in [-0.05, 0) is 42.5 Å². The quantitative estimate of drug-likeness (QED) is 0.825. The van der Waals surface area contributed by atoms with E-state index < -0.39 is 0 Å². The molecule has 0 radical (unpaired) electrons. The van der Waals surface area contributed by atoms with Gasteiger partial charge in [0.1, 0.15) is 0 Å². The maximum atomic E-state index is 6.11. The minimum absolute atomic E-state index is 0.203. The highest BCUT2D eigenvalue weighted by Gasteiger charge is 2.12. The molecule has 0 saturated heterocycles. The summed E-state index contributed by atoms with van der Waals surface area (Å²) in [5, 5.41) is 1.24. The smallest absolute Gasteiger partial charge is 0.0708 e. The first-order chi connectivity index (χ1) is 8.84. The number of hydrogen-bond acceptors (Lipinski definition) is 2. The van der Waals surface area contributed by atoms with Crippen LogP contribution in [0.5, 0.6) is 0 Å². The monoisotopic (exact) mass is 238 g/mol. The molecule has 0 saturated carbocycles. The number of benzene rings is 1. The zero-order valence-electron chi connectivity index (χ0n) is 10.5. The van der Waals surface area contributed by atoms with Crippen molar-refractivity contribution in [1.82, 2.24) is 4.98 Å². The van der Waals surface area contributed by atoms with Crippen LogP contribution in [0.25, 0.3) is 16.5 Å². The molecule has 2 aromatic rings. The lowest BCUT2D eigenvalue weighted by atomic mass is 9.97. The van der Waals surface area contributed by atoms with Crippen LogP contribution in [-0.4, -0.2) is 11.0 Å². The Labute approximate surface area is 108 Å². The molecule has 3 rings (SSSR count). The van der Waals surface area contributed by atoms with E-state index >= 15 is 0 Å². The van der Waals surface area contributed by atoms with Crippen LogP contribution >= 0.6 is 0 Å². The lowest BCUT2D eigenvalue weighted by molar-refractivity contribution is 0.658. The van der Waals surface area contributed by atoms with Crippen molar-refractivity contribution in [2.24, 2.45) is 5.73 Å². The molecule has 0 bridgehead atoms. The van der Waals surface area contributed by atoms with Crippen molar-refractivity contribution in [3.63, 3.8) is 0 Å². The Morgan fingerprint density at radius 1 is 1.11 bits per heavy atom. The summed E-state index contributed by atoms with van der Waals surface area (Å²) in [4.78, 5) is 4.42. The maximum Gasteiger partial charge on any atom is 0.0708 e. The molecule has 1 aromatic carbocycles. The molecule has 1 heterocycles. The van der Waals surface area contributed by atoms with Crippen LogP contribution in [-0.2, 0) is 0 Å². The second kappa shape index (κ2) is 4.91. The Hall–Kier alpha value is -1.67. The minimum atomic E-state index is 0.203. The zero-order chi connectivity index (χ0) is 12.4. The summed E-state index contributed by atoms with van der Waals surface area (Å²) in [6, 6.07) is 10.7. The Bertz CT molecular complexity index is 581. The Morgan fingerprint density at radius 3 is 3.00 bits per heavy atom. The molecule has 1 aliphatic carbocycles. The van der Waals surface area contributed by atoms with Crippen LogP contribution < -0.4 is 5.73 Å². The number of fused-ring (bicyclic) bond motifs is 1. The summed E-state index contributed by atoms with van der Waals surface area (Å²) in [5.74, 6) is 0. The third-order valence-electron chi connectivity index (χ3n) is 3.64. The molecular formula is C16H18N2. The predicted octanol–water partition coefficient (Wildman–Crippen LogP) is 3.52. The fourth-order valence-corrected chi connectivity index (χ4v) is 2.73. The molecule has 1 aromatic heterocycles. The fourth-order valence-electron chi connectivity index (χ4n) is 2.73. The van der Waals surface area contributed by atoms with Gasteiger partial charge < -0.3 is 5.73 Å². The summed E-state index contributed by atoms with van der Waals surface area (Å²) < 4.78 is 0. The lowest BCUT2D eigenvalue weighted by Gasteiger charge is -2.10. The van der Waals surface area contributed by atoms with Crippen molar-refractivity contribution < 1.29 is 0 Å². The van der Waals surface area contributed by atoms with E-state index in [-0.39, 0.29) is 6.04 Å². The molecule has 18 heavy (non-hydrogen) atoms. The Morgan fingerprint density at radius 2 is 2.06 bits per heavy atom. The van der Waals surface area contributed by atoms with Crippen LogP contribution in [0.1, 0.15) is 31.2 Å². The van der Waals surface area contributed by atoms with Crippen LogP contribution in [0.2, 0.25) is 0 Å². The van der Waals surface area contributed by atoms with E-state index in [4.69, 9.17) is 5.73 Å². The van der Waals surface area contributed by atoms with Gasteiger partial charge in [0, 0.05) is 17.6 Å². The largest absolute Gasteiger partial charge is 0.324 e. The molecule has 2 N–H and O–H groups in total. The van der Waals surface area contributed by atoms with E-state index in [2.05, 4.69) is 35.3 Å². The average molecular weight is 238 g/mol. The normalized spacial score (nSPS) is 20.5. The van der Waals surface area contributed by atoms with Gasteiger partial charge in [-0.25, -0.2) is 0 Å². The van der Waals surface area contributed by atoms with Gasteiger partial charge in [0.15, 0.2) is 0 Å². The van der Waals surface area contributed by atoms with Crippen molar-refractivity contribution in [2.75, 3.05) is 0 Å². The van der Waals surface area contributed by atoms with Crippen molar-refractivity contribution in [2.45, 2.75) is 31.7 Å². The van der Waals surface area contributed by atoms with Gasteiger partial charge in [-0.3, -0.25) is 4.98 Å². The van der Waals surface area contributed by atoms with E-state index in [9.17, 15) is 0 Å². The van der Waals surface area contributed by atoms with E-state index in [1.807, 2.05) is 12.3 Å². The van der Waals surface area contributed by atoms with Gasteiger partial charge in [0.05, 0.1) is 5.52 Å². The van der Waals surface area contributed by atoms with Crippen LogP contribution in [0.3, 0.4) is 0 Å². The second-order valence-electron chi connectivity index (χ2n) is 4.98. The van der Waals surface area contributed by atoms with E-state index in [0.717, 1.165) is 18.4 Å². The summed E-state index contributed by atoms with van der Waals surface area (Å²) >= 11 is 0. The van der Waals surface area contributed by atoms with Gasteiger partial charge in [-0.2, -0.15) is 0 Å². The molecule has 0 aliphatic heterocycles. The summed E-state index contributed by atoms with van der Waals surface area (Å²) in [7, 11) is 0. The van der Waals surface area contributed by atoms with Gasteiger partial charge >= 0.3 is 0 Å². The average Bonchev–Trinajstić information content (AvgIpc) is 2.63. The molecule has 2 nitrogen and oxygen atoms in total. The van der Waals surface area contributed by atoms with Gasteiger partial charge in [0.2, 0.25) is 0 Å². The minimum Gasteiger partial charge on any atom is -0.324 e. The Balaban J connectivity index is 2.13. The highest BCUT2D eigenvalue weighted by molar-refractivity contribution is 5.91. The first kappa shape index (κ1) is 11.4. The summed E-state index contributed by atoms with van der Waals surface area (Å²) in [6.45, 7) is 0. The lowest BCUT2D eigenvalue weighted by Crippen LogP contribution is -2.15. The number of nitrogens with zero attached hydrogens (tertiary/aromatic N) is 1. The Kier molecular flexibility index (Phi) is 3.11. The van der Waals surface area contributed by atoms with Crippen molar-refractivity contribution in [3.05, 3.63) is 48.2 Å². The van der Waals surface area contributed by atoms with Crippen molar-refractivity contribution in [3.8, 4) is 0 Å². The van der Waals surface area contributed by atoms with E-state index in [1.54, 1.807) is 0 Å². The predicted molar refractivity (Wildman–Crippen MR) is 76.2 cm³/mol.